The molecule has 0 bridgehead atoms. The molecule has 2 heterocycles. The highest BCUT2D eigenvalue weighted by Crippen LogP contribution is 2.43. The molecule has 120 valence electrons. The Morgan fingerprint density at radius 3 is 2.58 bits per heavy atom. The number of anilines is 1. The number of nitrogens with two attached hydrogens (primary N) is 1. The maximum atomic E-state index is 12.5. The molecule has 0 atom stereocenters. The van der Waals surface area contributed by atoms with Crippen LogP contribution in [0.1, 0.15) is 4.88 Å². The van der Waals surface area contributed by atoms with Crippen molar-refractivity contribution in [2.24, 2.45) is 4.99 Å². The minimum atomic E-state index is -0.363. The van der Waals surface area contributed by atoms with Crippen LogP contribution in [0.25, 0.3) is 15.7 Å². The van der Waals surface area contributed by atoms with Crippen LogP contribution in [0.2, 0.25) is 0 Å². The smallest absolute Gasteiger partial charge is 0.279 e. The van der Waals surface area contributed by atoms with Crippen LogP contribution in [0.3, 0.4) is 0 Å². The van der Waals surface area contributed by atoms with E-state index in [1.165, 1.54) is 11.3 Å². The van der Waals surface area contributed by atoms with Gasteiger partial charge in [0.05, 0.1) is 15.8 Å². The van der Waals surface area contributed by atoms with Gasteiger partial charge in [-0.1, -0.05) is 15.9 Å². The van der Waals surface area contributed by atoms with E-state index in [1.807, 2.05) is 12.1 Å². The highest BCUT2D eigenvalue weighted by Gasteiger charge is 2.26. The minimum Gasteiger partial charge on any atom is -0.506 e. The number of thiophene rings is 1. The van der Waals surface area contributed by atoms with E-state index in [0.717, 1.165) is 13.6 Å². The molecule has 3 N–H and O–H groups in total. The van der Waals surface area contributed by atoms with Crippen molar-refractivity contribution in [3.63, 3.8) is 0 Å². The summed E-state index contributed by atoms with van der Waals surface area (Å²) in [6, 6.07) is 7.20. The fraction of sp³-hybridized carbons (Fsp3) is 0. The van der Waals surface area contributed by atoms with Crippen molar-refractivity contribution < 1.29 is 9.90 Å². The Balaban J connectivity index is 2.13. The largest absolute Gasteiger partial charge is 0.506 e. The summed E-state index contributed by atoms with van der Waals surface area (Å²) in [6.45, 7) is 0. The summed E-state index contributed by atoms with van der Waals surface area (Å²) in [7, 11) is 0. The highest BCUT2D eigenvalue weighted by molar-refractivity contribution is 9.11. The zero-order chi connectivity index (χ0) is 17.2. The second-order valence-corrected chi connectivity index (χ2v) is 8.90. The summed E-state index contributed by atoms with van der Waals surface area (Å²) in [4.78, 5) is 17.1. The SMILES string of the molecule is Nc1cc2sc(C3=c4cc(Br)cc(Br)c4=NC3=O)c(O)c2cc1Br. The first-order valence-corrected chi connectivity index (χ1v) is 9.89. The van der Waals surface area contributed by atoms with Gasteiger partial charge in [0.2, 0.25) is 0 Å². The number of aromatic hydroxyl groups is 1. The molecule has 0 radical (unpaired) electrons. The van der Waals surface area contributed by atoms with Gasteiger partial charge in [0.1, 0.15) is 5.75 Å². The van der Waals surface area contributed by atoms with Crippen LogP contribution in [0.15, 0.2) is 42.7 Å². The fourth-order valence-electron chi connectivity index (χ4n) is 2.65. The van der Waals surface area contributed by atoms with E-state index in [1.54, 1.807) is 12.1 Å². The van der Waals surface area contributed by atoms with Crippen LogP contribution >= 0.6 is 59.1 Å². The molecular weight excluding hydrogens is 524 g/mol. The lowest BCUT2D eigenvalue weighted by atomic mass is 10.1. The third-order valence-corrected chi connectivity index (χ3v) is 6.64. The van der Waals surface area contributed by atoms with Gasteiger partial charge in [-0.25, -0.2) is 4.99 Å². The van der Waals surface area contributed by atoms with E-state index in [-0.39, 0.29) is 11.7 Å². The van der Waals surface area contributed by atoms with Crippen LogP contribution in [0.5, 0.6) is 5.75 Å². The van der Waals surface area contributed by atoms with Crippen molar-refractivity contribution in [2.45, 2.75) is 0 Å². The second-order valence-electron chi connectivity index (χ2n) is 5.23. The molecule has 0 unspecified atom stereocenters. The predicted molar refractivity (Wildman–Crippen MR) is 106 cm³/mol. The number of nitrogen functional groups attached to an aromatic ring is 1. The monoisotopic (exact) mass is 528 g/mol. The number of carbonyl (C=O) groups excluding carboxylic acids is 1. The van der Waals surface area contributed by atoms with Gasteiger partial charge in [-0.15, -0.1) is 11.3 Å². The molecule has 1 aromatic heterocycles. The van der Waals surface area contributed by atoms with E-state index in [2.05, 4.69) is 52.8 Å². The normalized spacial score (nSPS) is 13.5. The van der Waals surface area contributed by atoms with E-state index < -0.39 is 0 Å². The summed E-state index contributed by atoms with van der Waals surface area (Å²) in [6.07, 6.45) is 0. The highest BCUT2D eigenvalue weighted by atomic mass is 79.9. The van der Waals surface area contributed by atoms with Gasteiger partial charge in [0.25, 0.3) is 5.91 Å². The van der Waals surface area contributed by atoms with Crippen LogP contribution in [0, 0.1) is 0 Å². The topological polar surface area (TPSA) is 75.7 Å². The number of hydrogen-bond acceptors (Lipinski definition) is 4. The van der Waals surface area contributed by atoms with E-state index >= 15 is 0 Å². The lowest BCUT2D eigenvalue weighted by Gasteiger charge is -1.99. The summed E-state index contributed by atoms with van der Waals surface area (Å²) < 4.78 is 3.06. The molecule has 1 aliphatic heterocycles. The van der Waals surface area contributed by atoms with Gasteiger partial charge in [-0.3, -0.25) is 4.79 Å². The van der Waals surface area contributed by atoms with Crippen molar-refractivity contribution in [2.75, 3.05) is 5.73 Å². The molecule has 3 aromatic rings. The molecule has 1 amide bonds. The quantitative estimate of drug-likeness (QED) is 0.470. The van der Waals surface area contributed by atoms with Crippen LogP contribution in [0.4, 0.5) is 5.69 Å². The standard InChI is InChI=1S/C16H7Br3N2O2S/c17-5-1-7-12(16(23)21-13(7)9(19)2-5)15-14(22)6-3-8(18)10(20)4-11(6)24-15/h1-4,22H,20H2. The zero-order valence-corrected chi connectivity index (χ0v) is 17.3. The molecule has 0 spiro atoms. The number of carbonyl (C=O) groups is 1. The second kappa shape index (κ2) is 5.66. The Morgan fingerprint density at radius 2 is 1.83 bits per heavy atom. The summed E-state index contributed by atoms with van der Waals surface area (Å²) in [5, 5.41) is 12.6. The van der Waals surface area contributed by atoms with Crippen molar-refractivity contribution >= 4 is 86.4 Å². The fourth-order valence-corrected chi connectivity index (χ4v) is 5.49. The Bertz CT molecular complexity index is 1180. The third-order valence-electron chi connectivity index (χ3n) is 3.73. The van der Waals surface area contributed by atoms with Gasteiger partial charge in [0.15, 0.2) is 0 Å². The summed E-state index contributed by atoms with van der Waals surface area (Å²) >= 11 is 11.5. The molecule has 4 nitrogen and oxygen atoms in total. The van der Waals surface area contributed by atoms with Gasteiger partial charge >= 0.3 is 0 Å². The molecule has 1 aliphatic rings. The van der Waals surface area contributed by atoms with Crippen LogP contribution in [-0.2, 0) is 4.79 Å². The van der Waals surface area contributed by atoms with E-state index in [9.17, 15) is 9.90 Å². The molecule has 0 fully saturated rings. The van der Waals surface area contributed by atoms with Crippen molar-refractivity contribution in [3.05, 3.63) is 53.1 Å². The summed E-state index contributed by atoms with van der Waals surface area (Å²) in [5.41, 5.74) is 6.90. The molecule has 24 heavy (non-hydrogen) atoms. The average molecular weight is 531 g/mol. The lowest BCUT2D eigenvalue weighted by Crippen LogP contribution is -2.24. The minimum absolute atomic E-state index is 0.0678. The first kappa shape index (κ1) is 16.3. The van der Waals surface area contributed by atoms with Gasteiger partial charge in [-0.2, -0.15) is 0 Å². The Hall–Kier alpha value is -1.22. The van der Waals surface area contributed by atoms with Crippen LogP contribution < -0.4 is 16.3 Å². The average Bonchev–Trinajstić information content (AvgIpc) is 2.98. The molecule has 0 saturated carbocycles. The molecule has 8 heteroatoms. The predicted octanol–water partition coefficient (Wildman–Crippen LogP) is 3.84. The first-order chi connectivity index (χ1) is 11.4. The molecular formula is C16H7Br3N2O2S. The van der Waals surface area contributed by atoms with Crippen molar-refractivity contribution in [1.29, 1.82) is 0 Å². The Morgan fingerprint density at radius 1 is 1.08 bits per heavy atom. The lowest BCUT2D eigenvalue weighted by molar-refractivity contribution is -0.112. The maximum absolute atomic E-state index is 12.5. The summed E-state index contributed by atoms with van der Waals surface area (Å²) in [5.74, 6) is -0.295. The number of halogens is 3. The van der Waals surface area contributed by atoms with Gasteiger partial charge < -0.3 is 10.8 Å². The molecule has 0 aliphatic carbocycles. The Labute approximate surface area is 165 Å². The van der Waals surface area contributed by atoms with Crippen molar-refractivity contribution in [1.82, 2.24) is 0 Å². The number of fused-ring (bicyclic) bond motifs is 2. The number of rotatable bonds is 1. The van der Waals surface area contributed by atoms with E-state index in [4.69, 9.17) is 5.73 Å². The third kappa shape index (κ3) is 2.35. The number of hydrogen-bond donors (Lipinski definition) is 2. The number of nitrogens with zero attached hydrogens (tertiary/aromatic N) is 1. The first-order valence-electron chi connectivity index (χ1n) is 6.70. The molecule has 2 aromatic carbocycles. The van der Waals surface area contributed by atoms with Gasteiger partial charge in [-0.05, 0) is 56.1 Å². The number of amides is 1. The molecule has 0 saturated heterocycles. The van der Waals surface area contributed by atoms with Crippen molar-refractivity contribution in [3.8, 4) is 5.75 Å². The van der Waals surface area contributed by atoms with E-state index in [0.29, 0.717) is 36.6 Å². The zero-order valence-electron chi connectivity index (χ0n) is 11.7. The van der Waals surface area contributed by atoms with Gasteiger partial charge in [0, 0.05) is 34.4 Å². The number of benzene rings is 2. The Kier molecular flexibility index (Phi) is 3.83. The maximum Gasteiger partial charge on any atom is 0.279 e. The molecule has 4 rings (SSSR count). The van der Waals surface area contributed by atoms with Crippen LogP contribution in [-0.4, -0.2) is 11.0 Å².